The predicted molar refractivity (Wildman–Crippen MR) is 82.2 cm³/mol. The average Bonchev–Trinajstić information content (AvgIpc) is 2.48. The predicted octanol–water partition coefficient (Wildman–Crippen LogP) is 3.90. The van der Waals surface area contributed by atoms with Gasteiger partial charge in [-0.1, -0.05) is 23.7 Å². The van der Waals surface area contributed by atoms with Gasteiger partial charge in [0.2, 0.25) is 5.91 Å². The van der Waals surface area contributed by atoms with E-state index in [0.29, 0.717) is 16.3 Å². The number of benzene rings is 2. The maximum absolute atomic E-state index is 11.7. The van der Waals surface area contributed by atoms with E-state index in [4.69, 9.17) is 11.6 Å². The van der Waals surface area contributed by atoms with Gasteiger partial charge in [0.1, 0.15) is 0 Å². The van der Waals surface area contributed by atoms with E-state index in [2.05, 4.69) is 5.32 Å². The Labute approximate surface area is 126 Å². The third kappa shape index (κ3) is 4.43. The van der Waals surface area contributed by atoms with Crippen LogP contribution >= 0.6 is 11.6 Å². The molecule has 0 spiro atoms. The Morgan fingerprint density at radius 1 is 1.19 bits per heavy atom. The lowest BCUT2D eigenvalue weighted by Gasteiger charge is -2.01. The summed E-state index contributed by atoms with van der Waals surface area (Å²) in [5.41, 5.74) is 1.18. The molecule has 106 valence electrons. The van der Waals surface area contributed by atoms with Crippen LogP contribution in [-0.2, 0) is 4.79 Å². The molecule has 0 bridgehead atoms. The van der Waals surface area contributed by atoms with Crippen LogP contribution in [0.1, 0.15) is 5.56 Å². The minimum absolute atomic E-state index is 0.0183. The van der Waals surface area contributed by atoms with Crippen LogP contribution < -0.4 is 5.32 Å². The molecule has 0 radical (unpaired) electrons. The highest BCUT2D eigenvalue weighted by atomic mass is 35.5. The monoisotopic (exact) mass is 302 g/mol. The first-order chi connectivity index (χ1) is 10.0. The number of non-ortho nitro benzene ring substituents is 1. The van der Waals surface area contributed by atoms with Crippen LogP contribution in [-0.4, -0.2) is 10.8 Å². The van der Waals surface area contributed by atoms with Gasteiger partial charge in [0.25, 0.3) is 5.69 Å². The minimum Gasteiger partial charge on any atom is -0.323 e. The molecular weight excluding hydrogens is 292 g/mol. The minimum atomic E-state index is -0.481. The molecule has 5 nitrogen and oxygen atoms in total. The molecule has 2 aromatic rings. The van der Waals surface area contributed by atoms with Crippen molar-refractivity contribution >= 4 is 35.0 Å². The first kappa shape index (κ1) is 14.7. The summed E-state index contributed by atoms with van der Waals surface area (Å²) in [6.45, 7) is 0. The SMILES string of the molecule is O=C(/C=C/c1cccc([N+](=O)[O-])c1)Nc1ccc(Cl)cc1. The molecular formula is C15H11ClN2O3. The van der Waals surface area contributed by atoms with Crippen molar-refractivity contribution in [3.05, 3.63) is 75.3 Å². The molecule has 2 aromatic carbocycles. The highest BCUT2D eigenvalue weighted by Crippen LogP contribution is 2.15. The summed E-state index contributed by atoms with van der Waals surface area (Å²) in [5.74, 6) is -0.330. The maximum atomic E-state index is 11.7. The van der Waals surface area contributed by atoms with Crippen LogP contribution in [0, 0.1) is 10.1 Å². The number of hydrogen-bond acceptors (Lipinski definition) is 3. The van der Waals surface area contributed by atoms with Gasteiger partial charge in [0.15, 0.2) is 0 Å². The number of carbonyl (C=O) groups is 1. The van der Waals surface area contributed by atoms with Gasteiger partial charge in [0.05, 0.1) is 4.92 Å². The first-order valence-electron chi connectivity index (χ1n) is 6.04. The number of nitrogens with one attached hydrogen (secondary N) is 1. The molecule has 0 aromatic heterocycles. The van der Waals surface area contributed by atoms with E-state index in [1.807, 2.05) is 0 Å². The molecule has 0 aliphatic rings. The van der Waals surface area contributed by atoms with Crippen molar-refractivity contribution in [2.75, 3.05) is 5.32 Å². The van der Waals surface area contributed by atoms with Gasteiger partial charge < -0.3 is 5.32 Å². The van der Waals surface area contributed by atoms with Gasteiger partial charge in [0, 0.05) is 28.9 Å². The van der Waals surface area contributed by atoms with Crippen LogP contribution in [0.25, 0.3) is 6.08 Å². The fourth-order valence-electron chi connectivity index (χ4n) is 1.63. The molecule has 0 unspecified atom stereocenters. The van der Waals surface area contributed by atoms with Crippen LogP contribution in [0.4, 0.5) is 11.4 Å². The van der Waals surface area contributed by atoms with Crippen molar-refractivity contribution in [1.82, 2.24) is 0 Å². The molecule has 0 heterocycles. The van der Waals surface area contributed by atoms with E-state index in [-0.39, 0.29) is 11.6 Å². The molecule has 0 saturated heterocycles. The zero-order valence-electron chi connectivity index (χ0n) is 10.8. The number of hydrogen-bond donors (Lipinski definition) is 1. The Morgan fingerprint density at radius 3 is 2.57 bits per heavy atom. The number of halogens is 1. The zero-order valence-corrected chi connectivity index (χ0v) is 11.6. The fourth-order valence-corrected chi connectivity index (χ4v) is 1.76. The normalized spacial score (nSPS) is 10.5. The van der Waals surface area contributed by atoms with E-state index in [0.717, 1.165) is 0 Å². The van der Waals surface area contributed by atoms with Gasteiger partial charge in [-0.15, -0.1) is 0 Å². The molecule has 0 atom stereocenters. The van der Waals surface area contributed by atoms with Gasteiger partial charge in [-0.05, 0) is 35.9 Å². The Bertz CT molecular complexity index is 696. The second kappa shape index (κ2) is 6.67. The quantitative estimate of drug-likeness (QED) is 0.529. The summed E-state index contributed by atoms with van der Waals surface area (Å²) in [7, 11) is 0. The fraction of sp³-hybridized carbons (Fsp3) is 0. The van der Waals surface area contributed by atoms with E-state index in [9.17, 15) is 14.9 Å². The van der Waals surface area contributed by atoms with Crippen molar-refractivity contribution in [2.24, 2.45) is 0 Å². The zero-order chi connectivity index (χ0) is 15.2. The van der Waals surface area contributed by atoms with Gasteiger partial charge >= 0.3 is 0 Å². The Kier molecular flexibility index (Phi) is 4.68. The average molecular weight is 303 g/mol. The first-order valence-corrected chi connectivity index (χ1v) is 6.41. The molecule has 0 aliphatic heterocycles. The van der Waals surface area contributed by atoms with Crippen LogP contribution in [0.3, 0.4) is 0 Å². The summed E-state index contributed by atoms with van der Waals surface area (Å²) < 4.78 is 0. The van der Waals surface area contributed by atoms with E-state index in [1.54, 1.807) is 36.4 Å². The lowest BCUT2D eigenvalue weighted by Crippen LogP contribution is -2.07. The Balaban J connectivity index is 2.03. The largest absolute Gasteiger partial charge is 0.323 e. The number of rotatable bonds is 4. The van der Waals surface area contributed by atoms with Crippen molar-refractivity contribution < 1.29 is 9.72 Å². The number of nitro groups is 1. The lowest BCUT2D eigenvalue weighted by atomic mass is 10.2. The number of amides is 1. The second-order valence-electron chi connectivity index (χ2n) is 4.18. The summed E-state index contributed by atoms with van der Waals surface area (Å²) in [4.78, 5) is 21.9. The summed E-state index contributed by atoms with van der Waals surface area (Å²) in [6, 6.07) is 12.7. The highest BCUT2D eigenvalue weighted by Gasteiger charge is 2.04. The Morgan fingerprint density at radius 2 is 1.90 bits per heavy atom. The molecule has 2 rings (SSSR count). The van der Waals surface area contributed by atoms with Crippen LogP contribution in [0.15, 0.2) is 54.6 Å². The second-order valence-corrected chi connectivity index (χ2v) is 4.62. The number of carbonyl (C=O) groups excluding carboxylic acids is 1. The molecule has 1 amide bonds. The van der Waals surface area contributed by atoms with Crippen molar-refractivity contribution in [3.8, 4) is 0 Å². The Hall–Kier alpha value is -2.66. The van der Waals surface area contributed by atoms with E-state index in [1.165, 1.54) is 24.3 Å². The third-order valence-corrected chi connectivity index (χ3v) is 2.87. The van der Waals surface area contributed by atoms with Gasteiger partial charge in [-0.25, -0.2) is 0 Å². The van der Waals surface area contributed by atoms with Crippen molar-refractivity contribution in [2.45, 2.75) is 0 Å². The number of nitro benzene ring substituents is 1. The van der Waals surface area contributed by atoms with E-state index < -0.39 is 4.92 Å². The molecule has 21 heavy (non-hydrogen) atoms. The molecule has 0 aliphatic carbocycles. The smallest absolute Gasteiger partial charge is 0.270 e. The molecule has 0 fully saturated rings. The number of nitrogens with zero attached hydrogens (tertiary/aromatic N) is 1. The van der Waals surface area contributed by atoms with Crippen molar-refractivity contribution in [3.63, 3.8) is 0 Å². The lowest BCUT2D eigenvalue weighted by molar-refractivity contribution is -0.384. The topological polar surface area (TPSA) is 72.2 Å². The summed E-state index contributed by atoms with van der Waals surface area (Å²) in [6.07, 6.45) is 2.83. The standard InChI is InChI=1S/C15H11ClN2O3/c16-12-5-7-13(8-6-12)17-15(19)9-4-11-2-1-3-14(10-11)18(20)21/h1-10H,(H,17,19)/b9-4+. The van der Waals surface area contributed by atoms with Gasteiger partial charge in [-0.2, -0.15) is 0 Å². The van der Waals surface area contributed by atoms with Crippen molar-refractivity contribution in [1.29, 1.82) is 0 Å². The van der Waals surface area contributed by atoms with E-state index >= 15 is 0 Å². The summed E-state index contributed by atoms with van der Waals surface area (Å²) in [5, 5.41) is 13.9. The third-order valence-electron chi connectivity index (χ3n) is 2.62. The molecule has 6 heteroatoms. The highest BCUT2D eigenvalue weighted by molar-refractivity contribution is 6.30. The van der Waals surface area contributed by atoms with Crippen LogP contribution in [0.2, 0.25) is 5.02 Å². The number of anilines is 1. The molecule has 1 N–H and O–H groups in total. The summed E-state index contributed by atoms with van der Waals surface area (Å²) >= 11 is 5.75. The maximum Gasteiger partial charge on any atom is 0.270 e. The van der Waals surface area contributed by atoms with Crippen LogP contribution in [0.5, 0.6) is 0 Å². The molecule has 0 saturated carbocycles. The van der Waals surface area contributed by atoms with Gasteiger partial charge in [-0.3, -0.25) is 14.9 Å².